The second-order valence-electron chi connectivity index (χ2n) is 8.18. The lowest BCUT2D eigenvalue weighted by molar-refractivity contribution is -0.139. The third kappa shape index (κ3) is 3.79. The molecule has 0 bridgehead atoms. The molecule has 0 heterocycles. The summed E-state index contributed by atoms with van der Waals surface area (Å²) < 4.78 is 5.50. The zero-order chi connectivity index (χ0) is 21.4. The number of rotatable bonds is 6. The zero-order valence-corrected chi connectivity index (χ0v) is 17.0. The highest BCUT2D eigenvalue weighted by atomic mass is 16.5. The highest BCUT2D eigenvalue weighted by Gasteiger charge is 2.30. The fourth-order valence-electron chi connectivity index (χ4n) is 4.42. The minimum atomic E-state index is -1.15. The van der Waals surface area contributed by atoms with Gasteiger partial charge in [0, 0.05) is 5.92 Å². The second kappa shape index (κ2) is 7.91. The first-order valence-electron chi connectivity index (χ1n) is 10.6. The van der Waals surface area contributed by atoms with Crippen molar-refractivity contribution in [1.82, 2.24) is 5.32 Å². The van der Waals surface area contributed by atoms with Gasteiger partial charge in [-0.15, -0.1) is 0 Å². The molecule has 2 N–H and O–H groups in total. The SMILES string of the molecule is O=C(NC(C(=O)O)c1ccc(C2CC2)cc1)OCC1c2ccccc2-c2ccccc21. The van der Waals surface area contributed by atoms with Gasteiger partial charge in [-0.3, -0.25) is 0 Å². The van der Waals surface area contributed by atoms with E-state index in [1.54, 1.807) is 12.1 Å². The van der Waals surface area contributed by atoms with Gasteiger partial charge in [0.05, 0.1) is 0 Å². The molecule has 1 fully saturated rings. The summed E-state index contributed by atoms with van der Waals surface area (Å²) in [7, 11) is 0. The number of ether oxygens (including phenoxy) is 1. The molecule has 0 saturated heterocycles. The zero-order valence-electron chi connectivity index (χ0n) is 17.0. The smallest absolute Gasteiger partial charge is 0.408 e. The van der Waals surface area contributed by atoms with Crippen molar-refractivity contribution in [3.8, 4) is 11.1 Å². The van der Waals surface area contributed by atoms with E-state index in [1.807, 2.05) is 48.5 Å². The quantitative estimate of drug-likeness (QED) is 0.580. The van der Waals surface area contributed by atoms with Crippen LogP contribution in [0.1, 0.15) is 53.0 Å². The van der Waals surface area contributed by atoms with Gasteiger partial charge in [0.15, 0.2) is 6.04 Å². The minimum Gasteiger partial charge on any atom is -0.479 e. The molecular formula is C26H23NO4. The Kier molecular flexibility index (Phi) is 4.94. The van der Waals surface area contributed by atoms with Crippen LogP contribution in [0.5, 0.6) is 0 Å². The number of carboxylic acids is 1. The maximum absolute atomic E-state index is 12.5. The van der Waals surface area contributed by atoms with Crippen LogP contribution < -0.4 is 5.32 Å². The molecule has 2 aliphatic rings. The number of carbonyl (C=O) groups excluding carboxylic acids is 1. The van der Waals surface area contributed by atoms with E-state index >= 15 is 0 Å². The van der Waals surface area contributed by atoms with Crippen LogP contribution in [0.3, 0.4) is 0 Å². The van der Waals surface area contributed by atoms with E-state index in [2.05, 4.69) is 17.4 Å². The standard InChI is InChI=1S/C26H23NO4/c28-25(29)24(18-13-11-17(12-14-18)16-9-10-16)27-26(30)31-15-23-21-7-3-1-5-19(21)20-6-2-4-8-22(20)23/h1-8,11-14,16,23-24H,9-10,15H2,(H,27,30)(H,28,29). The molecule has 1 atom stereocenters. The number of aliphatic carboxylic acids is 1. The Bertz CT molecular complexity index is 1090. The molecule has 3 aromatic rings. The number of carboxylic acid groups (broad SMARTS) is 1. The Morgan fingerprint density at radius 3 is 2.03 bits per heavy atom. The van der Waals surface area contributed by atoms with Crippen LogP contribution in [-0.2, 0) is 9.53 Å². The van der Waals surface area contributed by atoms with Crippen molar-refractivity contribution in [2.45, 2.75) is 30.7 Å². The Morgan fingerprint density at radius 1 is 0.903 bits per heavy atom. The molecule has 156 valence electrons. The normalized spacial score (nSPS) is 15.6. The number of amides is 1. The largest absolute Gasteiger partial charge is 0.479 e. The summed E-state index contributed by atoms with van der Waals surface area (Å²) in [5.41, 5.74) is 6.26. The first-order valence-corrected chi connectivity index (χ1v) is 10.6. The van der Waals surface area contributed by atoms with Gasteiger partial charge in [-0.05, 0) is 52.1 Å². The number of hydrogen-bond acceptors (Lipinski definition) is 3. The molecule has 5 nitrogen and oxygen atoms in total. The Hall–Kier alpha value is -3.60. The molecule has 0 spiro atoms. The highest BCUT2D eigenvalue weighted by Crippen LogP contribution is 2.44. The van der Waals surface area contributed by atoms with Gasteiger partial charge in [-0.1, -0.05) is 72.8 Å². The lowest BCUT2D eigenvalue weighted by Gasteiger charge is -2.18. The number of hydrogen-bond donors (Lipinski definition) is 2. The summed E-state index contributed by atoms with van der Waals surface area (Å²) in [6, 6.07) is 22.5. The predicted molar refractivity (Wildman–Crippen MR) is 117 cm³/mol. The first kappa shape index (κ1) is 19.4. The Morgan fingerprint density at radius 2 is 1.48 bits per heavy atom. The Balaban J connectivity index is 1.28. The fourth-order valence-corrected chi connectivity index (χ4v) is 4.42. The van der Waals surface area contributed by atoms with Gasteiger partial charge in [0.2, 0.25) is 0 Å². The van der Waals surface area contributed by atoms with Crippen LogP contribution in [0, 0.1) is 0 Å². The fraction of sp³-hybridized carbons (Fsp3) is 0.231. The molecule has 1 unspecified atom stereocenters. The number of benzene rings is 3. The van der Waals surface area contributed by atoms with Crippen LogP contribution in [0.4, 0.5) is 4.79 Å². The molecule has 5 heteroatoms. The number of fused-ring (bicyclic) bond motifs is 3. The van der Waals surface area contributed by atoms with Crippen LogP contribution in [0.25, 0.3) is 11.1 Å². The molecule has 2 aliphatic carbocycles. The van der Waals surface area contributed by atoms with E-state index in [0.717, 1.165) is 22.3 Å². The summed E-state index contributed by atoms with van der Waals surface area (Å²) in [6.07, 6.45) is 1.62. The van der Waals surface area contributed by atoms with Gasteiger partial charge in [-0.25, -0.2) is 9.59 Å². The number of nitrogens with one attached hydrogen (secondary N) is 1. The van der Waals surface area contributed by atoms with Crippen molar-refractivity contribution >= 4 is 12.1 Å². The molecule has 5 rings (SSSR count). The third-order valence-electron chi connectivity index (χ3n) is 6.17. The van der Waals surface area contributed by atoms with Crippen molar-refractivity contribution < 1.29 is 19.4 Å². The van der Waals surface area contributed by atoms with Crippen LogP contribution in [0.2, 0.25) is 0 Å². The average Bonchev–Trinajstić information content (AvgIpc) is 3.59. The van der Waals surface area contributed by atoms with E-state index in [-0.39, 0.29) is 12.5 Å². The summed E-state index contributed by atoms with van der Waals surface area (Å²) in [5, 5.41) is 12.1. The first-order chi connectivity index (χ1) is 15.1. The maximum Gasteiger partial charge on any atom is 0.408 e. The van der Waals surface area contributed by atoms with E-state index < -0.39 is 18.1 Å². The van der Waals surface area contributed by atoms with E-state index in [0.29, 0.717) is 11.5 Å². The van der Waals surface area contributed by atoms with Crippen molar-refractivity contribution in [2.24, 2.45) is 0 Å². The average molecular weight is 413 g/mol. The molecule has 31 heavy (non-hydrogen) atoms. The van der Waals surface area contributed by atoms with Gasteiger partial charge in [-0.2, -0.15) is 0 Å². The van der Waals surface area contributed by atoms with E-state index in [4.69, 9.17) is 4.74 Å². The van der Waals surface area contributed by atoms with Gasteiger partial charge in [0.25, 0.3) is 0 Å². The topological polar surface area (TPSA) is 75.6 Å². The summed E-state index contributed by atoms with van der Waals surface area (Å²) >= 11 is 0. The minimum absolute atomic E-state index is 0.0701. The lowest BCUT2D eigenvalue weighted by Crippen LogP contribution is -2.34. The maximum atomic E-state index is 12.5. The second-order valence-corrected chi connectivity index (χ2v) is 8.18. The molecule has 1 amide bonds. The monoisotopic (exact) mass is 413 g/mol. The van der Waals surface area contributed by atoms with Crippen LogP contribution >= 0.6 is 0 Å². The molecular weight excluding hydrogens is 390 g/mol. The molecule has 0 aliphatic heterocycles. The molecule has 1 saturated carbocycles. The summed E-state index contributed by atoms with van der Waals surface area (Å²) in [6.45, 7) is 0.146. The molecule has 0 aromatic heterocycles. The van der Waals surface area contributed by atoms with Crippen LogP contribution in [-0.4, -0.2) is 23.8 Å². The van der Waals surface area contributed by atoms with Gasteiger partial charge < -0.3 is 15.2 Å². The molecule has 3 aromatic carbocycles. The van der Waals surface area contributed by atoms with Crippen molar-refractivity contribution in [2.75, 3.05) is 6.61 Å². The lowest BCUT2D eigenvalue weighted by atomic mass is 9.98. The van der Waals surface area contributed by atoms with Crippen molar-refractivity contribution in [3.05, 3.63) is 95.1 Å². The highest BCUT2D eigenvalue weighted by molar-refractivity contribution is 5.82. The van der Waals surface area contributed by atoms with Crippen LogP contribution in [0.15, 0.2) is 72.8 Å². The molecule has 0 radical (unpaired) electrons. The summed E-state index contributed by atoms with van der Waals surface area (Å²) in [5.74, 6) is -0.598. The number of alkyl carbamates (subject to hydrolysis) is 1. The van der Waals surface area contributed by atoms with E-state index in [1.165, 1.54) is 18.4 Å². The summed E-state index contributed by atoms with van der Waals surface area (Å²) in [4.78, 5) is 24.3. The van der Waals surface area contributed by atoms with Gasteiger partial charge >= 0.3 is 12.1 Å². The number of carbonyl (C=O) groups is 2. The Labute approximate surface area is 180 Å². The third-order valence-corrected chi connectivity index (χ3v) is 6.17. The van der Waals surface area contributed by atoms with Crippen molar-refractivity contribution in [3.63, 3.8) is 0 Å². The van der Waals surface area contributed by atoms with Crippen molar-refractivity contribution in [1.29, 1.82) is 0 Å². The van der Waals surface area contributed by atoms with Gasteiger partial charge in [0.1, 0.15) is 6.61 Å². The van der Waals surface area contributed by atoms with E-state index in [9.17, 15) is 14.7 Å². The predicted octanol–water partition coefficient (Wildman–Crippen LogP) is 5.23.